The Balaban J connectivity index is -0.000000141. The highest BCUT2D eigenvalue weighted by molar-refractivity contribution is 7.45. The Labute approximate surface area is 153 Å². The molecule has 0 radical (unpaired) electrons. The number of hydrogen-bond donors (Lipinski definition) is 10. The van der Waals surface area contributed by atoms with Gasteiger partial charge in [0, 0.05) is 11.1 Å². The maximum Gasteiger partial charge on any atom is 0.466 e. The quantitative estimate of drug-likeness (QED) is 0.172. The number of carboxylic acid groups (broad SMARTS) is 2. The van der Waals surface area contributed by atoms with Gasteiger partial charge in [-0.05, 0) is 20.3 Å². The van der Waals surface area contributed by atoms with E-state index >= 15 is 0 Å². The predicted molar refractivity (Wildman–Crippen MR) is 90.1 cm³/mol. The van der Waals surface area contributed by atoms with Gasteiger partial charge in [-0.15, -0.1) is 0 Å². The van der Waals surface area contributed by atoms with Crippen LogP contribution in [0.2, 0.25) is 0 Å². The van der Waals surface area contributed by atoms with Crippen molar-refractivity contribution in [2.75, 3.05) is 6.61 Å². The van der Waals surface area contributed by atoms with Gasteiger partial charge in [0.25, 0.3) is 0 Å². The Morgan fingerprint density at radius 2 is 1.19 bits per heavy atom. The summed E-state index contributed by atoms with van der Waals surface area (Å²) in [7, 11) is -9.28. The molecule has 0 amide bonds. The molecule has 162 valence electrons. The first-order valence-corrected chi connectivity index (χ1v) is 9.49. The van der Waals surface area contributed by atoms with E-state index < -0.39 is 33.7 Å². The Morgan fingerprint density at radius 3 is 1.33 bits per heavy atom. The van der Waals surface area contributed by atoms with Crippen LogP contribution in [0.4, 0.5) is 0 Å². The van der Waals surface area contributed by atoms with E-state index in [1.807, 2.05) is 0 Å². The van der Waals surface area contributed by atoms with Crippen LogP contribution >= 0.6 is 15.6 Å². The first-order valence-electron chi connectivity index (χ1n) is 6.36. The number of rotatable bonds is 5. The zero-order chi connectivity index (χ0) is 23.0. The molecule has 0 aromatic rings. The summed E-state index contributed by atoms with van der Waals surface area (Å²) >= 11 is 0. The maximum atomic E-state index is 10.2. The zero-order valence-electron chi connectivity index (χ0n) is 14.3. The summed E-state index contributed by atoms with van der Waals surface area (Å²) in [5.74, 6) is -1.94. The molecule has 1 unspecified atom stereocenters. The Bertz CT molecular complexity index is 523. The number of aliphatic hydroxyl groups is 2. The average molecular weight is 442 g/mol. The maximum absolute atomic E-state index is 10.2. The fourth-order valence-electron chi connectivity index (χ4n) is 0.475. The summed E-state index contributed by atoms with van der Waals surface area (Å²) in [4.78, 5) is 62.9. The van der Waals surface area contributed by atoms with Crippen molar-refractivity contribution in [2.45, 2.75) is 26.4 Å². The zero-order valence-corrected chi connectivity index (χ0v) is 16.1. The van der Waals surface area contributed by atoms with Crippen LogP contribution in [0.25, 0.3) is 0 Å². The van der Waals surface area contributed by atoms with E-state index in [1.165, 1.54) is 19.9 Å². The van der Waals surface area contributed by atoms with Crippen LogP contribution in [0.1, 0.15) is 20.3 Å². The summed E-state index contributed by atoms with van der Waals surface area (Å²) < 4.78 is 17.8. The lowest BCUT2D eigenvalue weighted by Gasteiger charge is -2.01. The monoisotopic (exact) mass is 442 g/mol. The first kappa shape index (κ1) is 33.2. The lowest BCUT2D eigenvalue weighted by molar-refractivity contribution is -0.133. The highest BCUT2D eigenvalue weighted by atomic mass is 31.2. The van der Waals surface area contributed by atoms with Crippen LogP contribution in [-0.2, 0) is 18.7 Å². The SMILES string of the molecule is C=C(C)C(=O)O.CC(=CCC(O)CO)C(=O)O.O=P(O)(O)O.O=P(O)(O)O. The van der Waals surface area contributed by atoms with Crippen LogP contribution < -0.4 is 0 Å². The van der Waals surface area contributed by atoms with Gasteiger partial charge in [-0.1, -0.05) is 12.7 Å². The minimum atomic E-state index is -4.64. The third-order valence-corrected chi connectivity index (χ3v) is 1.61. The van der Waals surface area contributed by atoms with Gasteiger partial charge in [0.05, 0.1) is 12.7 Å². The molecule has 0 aliphatic heterocycles. The fourth-order valence-corrected chi connectivity index (χ4v) is 0.475. The number of carboxylic acids is 2. The third-order valence-electron chi connectivity index (χ3n) is 1.61. The van der Waals surface area contributed by atoms with E-state index in [4.69, 9.17) is 58.9 Å². The smallest absolute Gasteiger partial charge is 0.466 e. The normalized spacial score (nSPS) is 12.0. The summed E-state index contributed by atoms with van der Waals surface area (Å²) in [5, 5.41) is 33.4. The molecule has 0 bridgehead atoms. The topological polar surface area (TPSA) is 271 Å². The van der Waals surface area contributed by atoms with Crippen molar-refractivity contribution in [3.63, 3.8) is 0 Å². The molecule has 0 aromatic carbocycles. The molecule has 0 aromatic heterocycles. The molecule has 0 spiro atoms. The Morgan fingerprint density at radius 1 is 0.926 bits per heavy atom. The minimum absolute atomic E-state index is 0.175. The van der Waals surface area contributed by atoms with E-state index in [0.717, 1.165) is 0 Å². The van der Waals surface area contributed by atoms with Crippen LogP contribution in [-0.4, -0.2) is 74.4 Å². The summed E-state index contributed by atoms with van der Waals surface area (Å²) in [6.07, 6.45) is 0.696. The second-order valence-corrected chi connectivity index (χ2v) is 6.43. The van der Waals surface area contributed by atoms with Gasteiger partial charge in [-0.2, -0.15) is 0 Å². The molecule has 0 saturated heterocycles. The fraction of sp³-hybridized carbons (Fsp3) is 0.455. The molecule has 0 saturated carbocycles. The molecule has 0 fully saturated rings. The van der Waals surface area contributed by atoms with Crippen molar-refractivity contribution in [2.24, 2.45) is 0 Å². The van der Waals surface area contributed by atoms with Gasteiger partial charge in [0.15, 0.2) is 0 Å². The molecule has 10 N–H and O–H groups in total. The number of aliphatic hydroxyl groups excluding tert-OH is 2. The lowest BCUT2D eigenvalue weighted by atomic mass is 10.2. The average Bonchev–Trinajstić information content (AvgIpc) is 2.41. The van der Waals surface area contributed by atoms with Crippen molar-refractivity contribution in [3.05, 3.63) is 23.8 Å². The lowest BCUT2D eigenvalue weighted by Crippen LogP contribution is -2.10. The highest BCUT2D eigenvalue weighted by Gasteiger charge is 2.02. The summed E-state index contributed by atoms with van der Waals surface area (Å²) in [6, 6.07) is 0. The van der Waals surface area contributed by atoms with Gasteiger partial charge in [0.1, 0.15) is 0 Å². The van der Waals surface area contributed by atoms with Crippen molar-refractivity contribution in [1.29, 1.82) is 0 Å². The standard InChI is InChI=1S/C7H12O4.C4H6O2.2H3O4P/c1-5(7(10)11)2-3-6(9)4-8;1-3(2)4(5)6;2*1-5(2,3)4/h2,6,8-9H,3-4H2,1H3,(H,10,11);1H2,2H3,(H,5,6);2*(H3,1,2,3,4). The van der Waals surface area contributed by atoms with Crippen molar-refractivity contribution >= 4 is 27.6 Å². The van der Waals surface area contributed by atoms with E-state index in [2.05, 4.69) is 6.58 Å². The van der Waals surface area contributed by atoms with Gasteiger partial charge in [-0.3, -0.25) is 0 Å². The molecule has 16 heteroatoms. The number of carbonyl (C=O) groups is 2. The van der Waals surface area contributed by atoms with E-state index in [0.29, 0.717) is 0 Å². The van der Waals surface area contributed by atoms with Gasteiger partial charge in [0.2, 0.25) is 0 Å². The Hall–Kier alpha value is -1.44. The van der Waals surface area contributed by atoms with Gasteiger partial charge in [-0.25, -0.2) is 18.7 Å². The second-order valence-electron chi connectivity index (χ2n) is 4.38. The molecule has 14 nitrogen and oxygen atoms in total. The van der Waals surface area contributed by atoms with E-state index in [-0.39, 0.29) is 24.2 Å². The third kappa shape index (κ3) is 68.0. The predicted octanol–water partition coefficient (Wildman–Crippen LogP) is -1.45. The van der Waals surface area contributed by atoms with Crippen molar-refractivity contribution in [3.8, 4) is 0 Å². The molecule has 0 aliphatic rings. The summed E-state index contributed by atoms with van der Waals surface area (Å²) in [6.45, 7) is 5.69. The molecular formula is C11H24O14P2. The minimum Gasteiger partial charge on any atom is -0.478 e. The molecule has 27 heavy (non-hydrogen) atoms. The van der Waals surface area contributed by atoms with E-state index in [1.54, 1.807) is 0 Å². The number of aliphatic carboxylic acids is 2. The molecule has 0 rings (SSSR count). The Kier molecular flexibility index (Phi) is 20.5. The largest absolute Gasteiger partial charge is 0.478 e. The van der Waals surface area contributed by atoms with Crippen LogP contribution in [0.3, 0.4) is 0 Å². The van der Waals surface area contributed by atoms with Crippen LogP contribution in [0.15, 0.2) is 23.8 Å². The summed E-state index contributed by atoms with van der Waals surface area (Å²) in [5.41, 5.74) is 0.354. The van der Waals surface area contributed by atoms with Crippen LogP contribution in [0, 0.1) is 0 Å². The second kappa shape index (κ2) is 16.7. The van der Waals surface area contributed by atoms with Crippen LogP contribution in [0.5, 0.6) is 0 Å². The highest BCUT2D eigenvalue weighted by Crippen LogP contribution is 2.26. The molecule has 1 atom stereocenters. The molecular weight excluding hydrogens is 418 g/mol. The number of hydrogen-bond acceptors (Lipinski definition) is 6. The molecule has 0 heterocycles. The van der Waals surface area contributed by atoms with E-state index in [9.17, 15) is 9.59 Å². The first-order chi connectivity index (χ1) is 11.7. The number of phosphoric acid groups is 2. The van der Waals surface area contributed by atoms with Crippen molar-refractivity contribution in [1.82, 2.24) is 0 Å². The van der Waals surface area contributed by atoms with Gasteiger partial charge >= 0.3 is 27.6 Å². The molecule has 0 aliphatic carbocycles. The van der Waals surface area contributed by atoms with Crippen molar-refractivity contribution < 1.29 is 68.5 Å². The van der Waals surface area contributed by atoms with Gasteiger partial charge < -0.3 is 49.8 Å².